The molecule has 0 radical (unpaired) electrons. The molecule has 0 saturated heterocycles. The summed E-state index contributed by atoms with van der Waals surface area (Å²) in [5.41, 5.74) is 2.56. The van der Waals surface area contributed by atoms with Crippen LogP contribution in [0.25, 0.3) is 21.8 Å². The van der Waals surface area contributed by atoms with Gasteiger partial charge in [0, 0.05) is 31.1 Å². The number of rotatable bonds is 10. The zero-order valence-electron chi connectivity index (χ0n) is 19.6. The molecular weight excluding hydrogens is 436 g/mol. The molecule has 0 aliphatic rings. The van der Waals surface area contributed by atoms with E-state index in [-0.39, 0.29) is 5.91 Å². The standard InChI is InChI=1S/C29H28N4O2/c34-29(25-14-5-6-18-30-25)31-19-8-17-28-32-24-13-3-4-15-26(24)33(28)20-9-21-35-27-16-7-11-22-10-1-2-12-23(22)27/h1-7,10-16,18H,8-9,17,19-21H2,(H,31,34). The second kappa shape index (κ2) is 10.8. The smallest absolute Gasteiger partial charge is 0.269 e. The Morgan fingerprint density at radius 1 is 0.886 bits per heavy atom. The largest absolute Gasteiger partial charge is 0.493 e. The van der Waals surface area contributed by atoms with Gasteiger partial charge in [-0.1, -0.05) is 54.6 Å². The zero-order valence-corrected chi connectivity index (χ0v) is 19.6. The van der Waals surface area contributed by atoms with Crippen LogP contribution in [0.3, 0.4) is 0 Å². The van der Waals surface area contributed by atoms with Crippen molar-refractivity contribution in [3.05, 3.63) is 103 Å². The fourth-order valence-electron chi connectivity index (χ4n) is 4.33. The van der Waals surface area contributed by atoms with Gasteiger partial charge in [0.1, 0.15) is 17.3 Å². The van der Waals surface area contributed by atoms with Gasteiger partial charge in [0.15, 0.2) is 0 Å². The first-order valence-corrected chi connectivity index (χ1v) is 12.0. The van der Waals surface area contributed by atoms with Gasteiger partial charge in [-0.05, 0) is 48.6 Å². The zero-order chi connectivity index (χ0) is 23.9. The van der Waals surface area contributed by atoms with Crippen molar-refractivity contribution in [2.45, 2.75) is 25.8 Å². The summed E-state index contributed by atoms with van der Waals surface area (Å²) >= 11 is 0. The molecule has 0 saturated carbocycles. The lowest BCUT2D eigenvalue weighted by atomic mass is 10.1. The first kappa shape index (κ1) is 22.6. The van der Waals surface area contributed by atoms with Gasteiger partial charge in [-0.15, -0.1) is 0 Å². The van der Waals surface area contributed by atoms with Gasteiger partial charge in [-0.2, -0.15) is 0 Å². The molecule has 0 bridgehead atoms. The van der Waals surface area contributed by atoms with E-state index in [1.807, 2.05) is 48.5 Å². The summed E-state index contributed by atoms with van der Waals surface area (Å²) in [6, 6.07) is 28.0. The molecule has 5 rings (SSSR count). The Morgan fingerprint density at radius 3 is 2.63 bits per heavy atom. The van der Waals surface area contributed by atoms with Gasteiger partial charge in [0.2, 0.25) is 0 Å². The van der Waals surface area contributed by atoms with E-state index >= 15 is 0 Å². The summed E-state index contributed by atoms with van der Waals surface area (Å²) < 4.78 is 8.43. The summed E-state index contributed by atoms with van der Waals surface area (Å²) in [7, 11) is 0. The van der Waals surface area contributed by atoms with Crippen LogP contribution in [0.5, 0.6) is 5.75 Å². The molecule has 1 amide bonds. The minimum Gasteiger partial charge on any atom is -0.493 e. The van der Waals surface area contributed by atoms with Crippen molar-refractivity contribution in [2.75, 3.05) is 13.2 Å². The molecule has 1 N–H and O–H groups in total. The Kier molecular flexibility index (Phi) is 6.99. The van der Waals surface area contributed by atoms with Crippen LogP contribution in [-0.4, -0.2) is 33.6 Å². The lowest BCUT2D eigenvalue weighted by molar-refractivity contribution is 0.0948. The fourth-order valence-corrected chi connectivity index (χ4v) is 4.33. The number of imidazole rings is 1. The Labute approximate surface area is 204 Å². The van der Waals surface area contributed by atoms with Crippen LogP contribution in [0.15, 0.2) is 91.1 Å². The number of nitrogens with one attached hydrogen (secondary N) is 1. The quantitative estimate of drug-likeness (QED) is 0.280. The van der Waals surface area contributed by atoms with Crippen LogP contribution in [0.2, 0.25) is 0 Å². The van der Waals surface area contributed by atoms with Gasteiger partial charge < -0.3 is 14.6 Å². The van der Waals surface area contributed by atoms with Gasteiger partial charge in [0.05, 0.1) is 17.6 Å². The Morgan fingerprint density at radius 2 is 1.71 bits per heavy atom. The topological polar surface area (TPSA) is 69.0 Å². The normalized spacial score (nSPS) is 11.1. The van der Waals surface area contributed by atoms with Crippen LogP contribution in [0, 0.1) is 0 Å². The number of benzene rings is 3. The van der Waals surface area contributed by atoms with E-state index in [1.165, 1.54) is 5.39 Å². The number of pyridine rings is 1. The summed E-state index contributed by atoms with van der Waals surface area (Å²) in [5.74, 6) is 1.80. The number of aromatic nitrogens is 3. The highest BCUT2D eigenvalue weighted by molar-refractivity contribution is 5.92. The van der Waals surface area contributed by atoms with E-state index < -0.39 is 0 Å². The second-order valence-electron chi connectivity index (χ2n) is 8.42. The highest BCUT2D eigenvalue weighted by Gasteiger charge is 2.11. The van der Waals surface area contributed by atoms with Crippen LogP contribution in [-0.2, 0) is 13.0 Å². The highest BCUT2D eigenvalue weighted by atomic mass is 16.5. The maximum Gasteiger partial charge on any atom is 0.269 e. The van der Waals surface area contributed by atoms with Crippen molar-refractivity contribution >= 4 is 27.7 Å². The maximum absolute atomic E-state index is 12.2. The number of fused-ring (bicyclic) bond motifs is 2. The third kappa shape index (κ3) is 5.32. The van der Waals surface area contributed by atoms with Crippen LogP contribution >= 0.6 is 0 Å². The summed E-state index contributed by atoms with van der Waals surface area (Å²) in [4.78, 5) is 21.2. The number of amides is 1. The molecule has 2 aromatic heterocycles. The number of aryl methyl sites for hydroxylation is 2. The molecule has 2 heterocycles. The van der Waals surface area contributed by atoms with Crippen LogP contribution in [0.1, 0.15) is 29.2 Å². The summed E-state index contributed by atoms with van der Waals surface area (Å²) in [6.07, 6.45) is 4.07. The Bertz CT molecular complexity index is 1420. The van der Waals surface area contributed by atoms with Gasteiger partial charge >= 0.3 is 0 Å². The average Bonchev–Trinajstić information content (AvgIpc) is 3.26. The lowest BCUT2D eigenvalue weighted by Gasteiger charge is -2.12. The molecule has 5 aromatic rings. The number of hydrogen-bond acceptors (Lipinski definition) is 4. The number of nitrogens with zero attached hydrogens (tertiary/aromatic N) is 3. The van der Waals surface area contributed by atoms with E-state index in [9.17, 15) is 4.79 Å². The van der Waals surface area contributed by atoms with E-state index in [1.54, 1.807) is 18.3 Å². The minimum absolute atomic E-state index is 0.148. The monoisotopic (exact) mass is 464 g/mol. The molecule has 35 heavy (non-hydrogen) atoms. The lowest BCUT2D eigenvalue weighted by Crippen LogP contribution is -2.25. The SMILES string of the molecule is O=C(NCCCc1nc2ccccc2n1CCCOc1cccc2ccccc12)c1ccccn1. The van der Waals surface area contributed by atoms with Crippen molar-refractivity contribution in [1.82, 2.24) is 19.9 Å². The predicted octanol–water partition coefficient (Wildman–Crippen LogP) is 5.42. The first-order valence-electron chi connectivity index (χ1n) is 12.0. The molecule has 3 aromatic carbocycles. The molecule has 0 aliphatic carbocycles. The van der Waals surface area contributed by atoms with Crippen molar-refractivity contribution in [3.63, 3.8) is 0 Å². The van der Waals surface area contributed by atoms with Gasteiger partial charge in [-0.25, -0.2) is 4.98 Å². The molecular formula is C29H28N4O2. The molecule has 0 fully saturated rings. The van der Waals surface area contributed by atoms with Crippen molar-refractivity contribution in [1.29, 1.82) is 0 Å². The Balaban J connectivity index is 1.19. The van der Waals surface area contributed by atoms with Crippen molar-refractivity contribution in [2.24, 2.45) is 0 Å². The van der Waals surface area contributed by atoms with Crippen molar-refractivity contribution in [3.8, 4) is 5.75 Å². The van der Waals surface area contributed by atoms with Gasteiger partial charge in [-0.3, -0.25) is 9.78 Å². The van der Waals surface area contributed by atoms with E-state index in [0.29, 0.717) is 18.8 Å². The third-order valence-electron chi connectivity index (χ3n) is 6.03. The molecule has 0 aliphatic heterocycles. The van der Waals surface area contributed by atoms with E-state index in [0.717, 1.165) is 53.8 Å². The second-order valence-corrected chi connectivity index (χ2v) is 8.42. The third-order valence-corrected chi connectivity index (χ3v) is 6.03. The average molecular weight is 465 g/mol. The fraction of sp³-hybridized carbons (Fsp3) is 0.207. The summed E-state index contributed by atoms with van der Waals surface area (Å²) in [5, 5.41) is 5.27. The van der Waals surface area contributed by atoms with Crippen LogP contribution in [0.4, 0.5) is 0 Å². The number of ether oxygens (including phenoxy) is 1. The maximum atomic E-state index is 12.2. The summed E-state index contributed by atoms with van der Waals surface area (Å²) in [6.45, 7) is 2.02. The molecule has 0 spiro atoms. The number of para-hydroxylation sites is 2. The van der Waals surface area contributed by atoms with E-state index in [4.69, 9.17) is 9.72 Å². The first-order chi connectivity index (χ1) is 17.3. The Hall–Kier alpha value is -4.19. The van der Waals surface area contributed by atoms with Crippen LogP contribution < -0.4 is 10.1 Å². The molecule has 6 nitrogen and oxygen atoms in total. The number of carbonyl (C=O) groups excluding carboxylic acids is 1. The molecule has 0 unspecified atom stereocenters. The number of carbonyl (C=O) groups is 1. The highest BCUT2D eigenvalue weighted by Crippen LogP contribution is 2.25. The minimum atomic E-state index is -0.148. The molecule has 176 valence electrons. The van der Waals surface area contributed by atoms with E-state index in [2.05, 4.69) is 39.1 Å². The van der Waals surface area contributed by atoms with Crippen molar-refractivity contribution < 1.29 is 9.53 Å². The number of hydrogen-bond donors (Lipinski definition) is 1. The predicted molar refractivity (Wildman–Crippen MR) is 139 cm³/mol. The molecule has 6 heteroatoms. The molecule has 0 atom stereocenters. The van der Waals surface area contributed by atoms with Gasteiger partial charge in [0.25, 0.3) is 5.91 Å².